The van der Waals surface area contributed by atoms with Crippen LogP contribution in [0, 0.1) is 11.9 Å². The molecule has 2 bridgehead atoms. The quantitative estimate of drug-likeness (QED) is 0.106. The number of hydrogen-bond donors (Lipinski definition) is 0. The maximum Gasteiger partial charge on any atom is 0.419 e. The van der Waals surface area contributed by atoms with Gasteiger partial charge >= 0.3 is 18.3 Å². The van der Waals surface area contributed by atoms with Gasteiger partial charge in [0.1, 0.15) is 39.8 Å². The SMILES string of the molecule is COc1ccc(CN(Cc2ccc(OC)cc2)c2cc(Cl)c(C(F)(F)F)c(-c3c(Cl)cc4c(N5CC6CCC(C5)N6C(=O)OC(C)(C)C)nc(F)nc4c3F)n2)cc1. The number of carbonyl (C=O) groups excluding carboxylic acids is 1. The average molecular weight is 846 g/mol. The standard InChI is InChI=1S/C41H39Cl2F5N6O4/c1-40(2,3)58-39(55)54-24-10-11-25(54)21-53(20-24)37-28-16-29(42)32(34(44)35(28)50-38(45)51-37)36-33(41(46,47)48)30(43)17-31(49-36)52(18-22-6-12-26(56-4)13-7-22)19-23-8-14-27(57-5)15-9-23/h6-9,12-17,24-25H,10-11,18-21H2,1-5H3. The Balaban J connectivity index is 1.32. The van der Waals surface area contributed by atoms with E-state index in [0.717, 1.165) is 17.2 Å². The summed E-state index contributed by atoms with van der Waals surface area (Å²) in [6.45, 7) is 6.00. The van der Waals surface area contributed by atoms with E-state index in [4.69, 9.17) is 37.4 Å². The number of pyridine rings is 1. The lowest BCUT2D eigenvalue weighted by atomic mass is 10.0. The molecule has 2 saturated heterocycles. The van der Waals surface area contributed by atoms with Crippen molar-refractivity contribution in [2.24, 2.45) is 0 Å². The summed E-state index contributed by atoms with van der Waals surface area (Å²) in [5, 5.41) is -1.25. The molecule has 2 unspecified atom stereocenters. The summed E-state index contributed by atoms with van der Waals surface area (Å²) in [4.78, 5) is 30.3. The number of carbonyl (C=O) groups is 1. The molecule has 2 aliphatic rings. The number of benzene rings is 3. The van der Waals surface area contributed by atoms with Gasteiger partial charge in [-0.25, -0.2) is 14.2 Å². The van der Waals surface area contributed by atoms with Crippen molar-refractivity contribution in [3.8, 4) is 22.8 Å². The number of halogens is 7. The van der Waals surface area contributed by atoms with E-state index in [1.807, 2.05) is 0 Å². The minimum atomic E-state index is -5.12. The van der Waals surface area contributed by atoms with Crippen molar-refractivity contribution in [3.63, 3.8) is 0 Å². The van der Waals surface area contributed by atoms with Crippen LogP contribution in [0.3, 0.4) is 0 Å². The van der Waals surface area contributed by atoms with Crippen LogP contribution in [0.2, 0.25) is 10.0 Å². The summed E-state index contributed by atoms with van der Waals surface area (Å²) in [5.74, 6) is -0.185. The second-order valence-corrected chi connectivity index (χ2v) is 16.0. The molecule has 58 heavy (non-hydrogen) atoms. The molecule has 4 heterocycles. The predicted octanol–water partition coefficient (Wildman–Crippen LogP) is 10.1. The number of methoxy groups -OCH3 is 2. The fourth-order valence-electron chi connectivity index (χ4n) is 7.53. The van der Waals surface area contributed by atoms with Gasteiger partial charge in [-0.15, -0.1) is 0 Å². The third-order valence-corrected chi connectivity index (χ3v) is 10.7. The molecule has 7 rings (SSSR count). The zero-order valence-corrected chi connectivity index (χ0v) is 33.6. The minimum absolute atomic E-state index is 0.0171. The Kier molecular flexibility index (Phi) is 11.2. The molecule has 2 atom stereocenters. The molecule has 5 aromatic rings. The van der Waals surface area contributed by atoms with E-state index in [-0.39, 0.29) is 55.3 Å². The molecule has 0 N–H and O–H groups in total. The summed E-state index contributed by atoms with van der Waals surface area (Å²) in [6, 6.07) is 15.8. The number of piperazine rings is 1. The van der Waals surface area contributed by atoms with E-state index in [1.165, 1.54) is 20.3 Å². The second kappa shape index (κ2) is 15.9. The van der Waals surface area contributed by atoms with Crippen molar-refractivity contribution in [1.82, 2.24) is 19.9 Å². The Morgan fingerprint density at radius 3 is 1.88 bits per heavy atom. The van der Waals surface area contributed by atoms with Crippen molar-refractivity contribution in [2.45, 2.75) is 70.6 Å². The summed E-state index contributed by atoms with van der Waals surface area (Å²) in [5.41, 5.74) is -2.92. The van der Waals surface area contributed by atoms with Crippen molar-refractivity contribution in [1.29, 1.82) is 0 Å². The number of hydrogen-bond acceptors (Lipinski definition) is 9. The van der Waals surface area contributed by atoms with Crippen molar-refractivity contribution >= 4 is 51.8 Å². The van der Waals surface area contributed by atoms with Gasteiger partial charge in [-0.3, -0.25) is 4.90 Å². The molecule has 2 fully saturated rings. The molecule has 17 heteroatoms. The van der Waals surface area contributed by atoms with Crippen LogP contribution in [-0.4, -0.2) is 70.9 Å². The van der Waals surface area contributed by atoms with Gasteiger partial charge in [0.2, 0.25) is 0 Å². The van der Waals surface area contributed by atoms with E-state index >= 15 is 8.78 Å². The monoisotopic (exact) mass is 844 g/mol. The third kappa shape index (κ3) is 8.37. The molecule has 0 aliphatic carbocycles. The first kappa shape index (κ1) is 41.0. The highest BCUT2D eigenvalue weighted by Crippen LogP contribution is 2.47. The van der Waals surface area contributed by atoms with Crippen LogP contribution < -0.4 is 19.3 Å². The number of nitrogens with zero attached hydrogens (tertiary/aromatic N) is 6. The van der Waals surface area contributed by atoms with Gasteiger partial charge in [-0.05, 0) is 81.1 Å². The van der Waals surface area contributed by atoms with Crippen molar-refractivity contribution in [2.75, 3.05) is 37.1 Å². The first-order valence-corrected chi connectivity index (χ1v) is 19.1. The molecular weight excluding hydrogens is 806 g/mol. The van der Waals surface area contributed by atoms with Crippen LogP contribution in [0.5, 0.6) is 11.5 Å². The molecule has 2 aliphatic heterocycles. The largest absolute Gasteiger partial charge is 0.497 e. The first-order valence-electron chi connectivity index (χ1n) is 18.3. The van der Waals surface area contributed by atoms with Crippen LogP contribution in [0.15, 0.2) is 60.7 Å². The topological polar surface area (TPSA) is 93.2 Å². The van der Waals surface area contributed by atoms with Crippen LogP contribution in [0.1, 0.15) is 50.3 Å². The van der Waals surface area contributed by atoms with Gasteiger partial charge in [0.15, 0.2) is 5.82 Å². The number of anilines is 2. The normalized spacial score (nSPS) is 16.8. The van der Waals surface area contributed by atoms with E-state index in [0.29, 0.717) is 24.3 Å². The fraction of sp³-hybridized carbons (Fsp3) is 0.366. The Morgan fingerprint density at radius 2 is 1.38 bits per heavy atom. The maximum absolute atomic E-state index is 17.0. The Hall–Kier alpha value is -5.15. The van der Waals surface area contributed by atoms with E-state index in [2.05, 4.69) is 15.0 Å². The highest BCUT2D eigenvalue weighted by Gasteiger charge is 2.45. The lowest BCUT2D eigenvalue weighted by molar-refractivity contribution is -0.137. The van der Waals surface area contributed by atoms with Crippen LogP contribution in [-0.2, 0) is 24.0 Å². The first-order chi connectivity index (χ1) is 27.4. The highest BCUT2D eigenvalue weighted by molar-refractivity contribution is 6.35. The van der Waals surface area contributed by atoms with Gasteiger partial charge in [0, 0.05) is 31.6 Å². The second-order valence-electron chi connectivity index (χ2n) is 15.2. The highest BCUT2D eigenvalue weighted by atomic mass is 35.5. The average Bonchev–Trinajstić information content (AvgIpc) is 3.43. The molecule has 0 saturated carbocycles. The molecule has 2 aromatic heterocycles. The number of fused-ring (bicyclic) bond motifs is 3. The van der Waals surface area contributed by atoms with Crippen molar-refractivity contribution < 1.29 is 41.0 Å². The number of alkyl halides is 3. The zero-order valence-electron chi connectivity index (χ0n) is 32.1. The zero-order chi connectivity index (χ0) is 41.7. The van der Waals surface area contributed by atoms with E-state index in [9.17, 15) is 18.0 Å². The molecule has 10 nitrogen and oxygen atoms in total. The maximum atomic E-state index is 17.0. The summed E-state index contributed by atoms with van der Waals surface area (Å²) >= 11 is 13.2. The van der Waals surface area contributed by atoms with E-state index < -0.39 is 62.1 Å². The fourth-order valence-corrected chi connectivity index (χ4v) is 8.11. The smallest absolute Gasteiger partial charge is 0.419 e. The number of amides is 1. The molecule has 306 valence electrons. The molecular formula is C41H39Cl2F5N6O4. The predicted molar refractivity (Wildman–Crippen MR) is 211 cm³/mol. The summed E-state index contributed by atoms with van der Waals surface area (Å²) in [6.07, 6.45) is -5.62. The third-order valence-electron chi connectivity index (χ3n) is 10.1. The van der Waals surface area contributed by atoms with Crippen LogP contribution in [0.25, 0.3) is 22.2 Å². The molecule has 0 radical (unpaired) electrons. The molecule has 0 spiro atoms. The lowest BCUT2D eigenvalue weighted by Gasteiger charge is -2.42. The molecule has 3 aromatic carbocycles. The Morgan fingerprint density at radius 1 is 0.828 bits per heavy atom. The minimum Gasteiger partial charge on any atom is -0.497 e. The van der Waals surface area contributed by atoms with Crippen molar-refractivity contribution in [3.05, 3.63) is 99.3 Å². The van der Waals surface area contributed by atoms with Crippen LogP contribution in [0.4, 0.5) is 38.4 Å². The van der Waals surface area contributed by atoms with Gasteiger partial charge in [0.25, 0.3) is 0 Å². The molecule has 1 amide bonds. The summed E-state index contributed by atoms with van der Waals surface area (Å²) < 4.78 is 93.2. The summed E-state index contributed by atoms with van der Waals surface area (Å²) in [7, 11) is 3.05. The number of aromatic nitrogens is 3. The lowest BCUT2D eigenvalue weighted by Crippen LogP contribution is -2.57. The number of rotatable bonds is 9. The van der Waals surface area contributed by atoms with Gasteiger partial charge in [-0.1, -0.05) is 47.5 Å². The van der Waals surface area contributed by atoms with Gasteiger partial charge < -0.3 is 24.0 Å². The van der Waals surface area contributed by atoms with Gasteiger partial charge in [-0.2, -0.15) is 27.5 Å². The Labute approximate surface area is 341 Å². The van der Waals surface area contributed by atoms with Gasteiger partial charge in [0.05, 0.1) is 47.6 Å². The Bertz CT molecular complexity index is 2280. The number of ether oxygens (including phenoxy) is 3. The van der Waals surface area contributed by atoms with E-state index in [1.54, 1.807) is 84.0 Å². The van der Waals surface area contributed by atoms with Crippen LogP contribution >= 0.6 is 23.2 Å².